The van der Waals surface area contributed by atoms with E-state index in [0.717, 1.165) is 0 Å². The Balaban J connectivity index is 2.00. The molecule has 0 amide bonds. The fourth-order valence-electron chi connectivity index (χ4n) is 1.89. The van der Waals surface area contributed by atoms with E-state index in [1.165, 1.54) is 6.33 Å². The van der Waals surface area contributed by atoms with E-state index in [-0.39, 0.29) is 6.04 Å². The Bertz CT molecular complexity index is 825. The van der Waals surface area contributed by atoms with Crippen molar-refractivity contribution in [3.63, 3.8) is 0 Å². The van der Waals surface area contributed by atoms with Crippen molar-refractivity contribution in [3.8, 4) is 11.5 Å². The Morgan fingerprint density at radius 2 is 1.71 bits per heavy atom. The first-order chi connectivity index (χ1) is 11.6. The number of pyridine rings is 1. The maximum atomic E-state index is 5.96. The number of nitrogens with zero attached hydrogens (tertiary/aromatic N) is 6. The van der Waals surface area contributed by atoms with Crippen molar-refractivity contribution in [2.45, 2.75) is 19.9 Å². The lowest BCUT2D eigenvalue weighted by atomic mass is 10.3. The molecule has 9 heteroatoms. The number of aromatic nitrogens is 6. The maximum absolute atomic E-state index is 5.96. The zero-order chi connectivity index (χ0) is 16.9. The van der Waals surface area contributed by atoms with Crippen LogP contribution in [0.25, 0.3) is 11.5 Å². The molecule has 0 radical (unpaired) electrons. The molecule has 0 aliphatic carbocycles. The van der Waals surface area contributed by atoms with Crippen LogP contribution < -0.4 is 10.6 Å². The van der Waals surface area contributed by atoms with Gasteiger partial charge in [0.05, 0.1) is 18.1 Å². The molecule has 0 bridgehead atoms. The largest absolute Gasteiger partial charge is 0.352 e. The highest BCUT2D eigenvalue weighted by atomic mass is 35.5. The molecule has 0 saturated carbocycles. The summed E-state index contributed by atoms with van der Waals surface area (Å²) in [6, 6.07) is 5.44. The highest BCUT2D eigenvalue weighted by Crippen LogP contribution is 2.19. The molecule has 0 saturated heterocycles. The quantitative estimate of drug-likeness (QED) is 0.682. The van der Waals surface area contributed by atoms with Crippen molar-refractivity contribution in [1.82, 2.24) is 29.9 Å². The Labute approximate surface area is 143 Å². The molecule has 3 rings (SSSR count). The van der Waals surface area contributed by atoms with Crippen LogP contribution in [-0.2, 0) is 0 Å². The van der Waals surface area contributed by atoms with Crippen molar-refractivity contribution in [1.29, 1.82) is 0 Å². The molecule has 0 fully saturated rings. The molecule has 2 N–H and O–H groups in total. The third-order valence-corrected chi connectivity index (χ3v) is 3.02. The van der Waals surface area contributed by atoms with Gasteiger partial charge in [-0.2, -0.15) is 15.0 Å². The Morgan fingerprint density at radius 1 is 0.958 bits per heavy atom. The van der Waals surface area contributed by atoms with Gasteiger partial charge in [-0.05, 0) is 26.0 Å². The minimum atomic E-state index is 0.167. The van der Waals surface area contributed by atoms with Gasteiger partial charge in [0.2, 0.25) is 11.9 Å². The van der Waals surface area contributed by atoms with E-state index < -0.39 is 0 Å². The first-order valence-electron chi connectivity index (χ1n) is 7.28. The molecule has 24 heavy (non-hydrogen) atoms. The molecular formula is C15H15ClN8. The van der Waals surface area contributed by atoms with Gasteiger partial charge >= 0.3 is 0 Å². The third-order valence-electron chi connectivity index (χ3n) is 2.81. The summed E-state index contributed by atoms with van der Waals surface area (Å²) >= 11 is 5.96. The van der Waals surface area contributed by atoms with Crippen LogP contribution in [0.4, 0.5) is 17.6 Å². The zero-order valence-electron chi connectivity index (χ0n) is 13.1. The fraction of sp³-hybridized carbons (Fsp3) is 0.200. The van der Waals surface area contributed by atoms with Gasteiger partial charge in [0.15, 0.2) is 5.82 Å². The molecule has 8 nitrogen and oxygen atoms in total. The molecule has 122 valence electrons. The zero-order valence-corrected chi connectivity index (χ0v) is 13.9. The molecule has 3 aromatic rings. The molecule has 0 aliphatic rings. The van der Waals surface area contributed by atoms with Gasteiger partial charge < -0.3 is 10.6 Å². The first-order valence-corrected chi connectivity index (χ1v) is 7.65. The number of nitrogens with one attached hydrogen (secondary N) is 2. The molecule has 0 aromatic carbocycles. The summed E-state index contributed by atoms with van der Waals surface area (Å²) in [5.74, 6) is 1.21. The van der Waals surface area contributed by atoms with Crippen molar-refractivity contribution >= 4 is 29.2 Å². The smallest absolute Gasteiger partial charge is 0.232 e. The summed E-state index contributed by atoms with van der Waals surface area (Å²) in [5.41, 5.74) is 1.23. The average molecular weight is 343 g/mol. The molecule has 0 unspecified atom stereocenters. The Kier molecular flexibility index (Phi) is 4.76. The van der Waals surface area contributed by atoms with Gasteiger partial charge in [-0.1, -0.05) is 17.7 Å². The van der Waals surface area contributed by atoms with Crippen LogP contribution in [0.2, 0.25) is 5.15 Å². The lowest BCUT2D eigenvalue weighted by molar-refractivity contribution is 0.868. The second kappa shape index (κ2) is 7.14. The number of hydrogen-bond acceptors (Lipinski definition) is 8. The average Bonchev–Trinajstić information content (AvgIpc) is 2.55. The molecule has 0 atom stereocenters. The predicted molar refractivity (Wildman–Crippen MR) is 92.1 cm³/mol. The van der Waals surface area contributed by atoms with Crippen LogP contribution in [0.5, 0.6) is 0 Å². The predicted octanol–water partition coefficient (Wildman–Crippen LogP) is 2.94. The van der Waals surface area contributed by atoms with E-state index in [1.54, 1.807) is 30.6 Å². The van der Waals surface area contributed by atoms with Crippen LogP contribution >= 0.6 is 11.6 Å². The number of halogens is 1. The van der Waals surface area contributed by atoms with Crippen LogP contribution in [0.3, 0.4) is 0 Å². The van der Waals surface area contributed by atoms with E-state index in [9.17, 15) is 0 Å². The first kappa shape index (κ1) is 16.0. The lowest BCUT2D eigenvalue weighted by Crippen LogP contribution is -2.14. The number of anilines is 3. The number of hydrogen-bond donors (Lipinski definition) is 2. The molecule has 3 heterocycles. The van der Waals surface area contributed by atoms with Crippen LogP contribution in [0.1, 0.15) is 13.8 Å². The SMILES string of the molecule is CC(C)Nc1nc(Nc2cncnc2)nc(-c2cccc(Cl)n2)n1. The van der Waals surface area contributed by atoms with Gasteiger partial charge in [-0.15, -0.1) is 0 Å². The van der Waals surface area contributed by atoms with Crippen LogP contribution in [0.15, 0.2) is 36.9 Å². The van der Waals surface area contributed by atoms with E-state index in [0.29, 0.717) is 34.3 Å². The topological polar surface area (TPSA) is 101 Å². The fourth-order valence-corrected chi connectivity index (χ4v) is 2.06. The van der Waals surface area contributed by atoms with Gasteiger partial charge in [-0.3, -0.25) is 0 Å². The van der Waals surface area contributed by atoms with Crippen LogP contribution in [0, 0.1) is 0 Å². The standard InChI is InChI=1S/C15H15ClN8/c1-9(2)19-14-22-13(11-4-3-5-12(16)21-11)23-15(24-14)20-10-6-17-8-18-7-10/h3-9H,1-2H3,(H2,19,20,22,23,24). The van der Waals surface area contributed by atoms with Crippen molar-refractivity contribution in [2.75, 3.05) is 10.6 Å². The summed E-state index contributed by atoms with van der Waals surface area (Å²) in [7, 11) is 0. The van der Waals surface area contributed by atoms with Gasteiger partial charge in [-0.25, -0.2) is 15.0 Å². The maximum Gasteiger partial charge on any atom is 0.232 e. The molecule has 0 spiro atoms. The van der Waals surface area contributed by atoms with Crippen molar-refractivity contribution in [2.24, 2.45) is 0 Å². The van der Waals surface area contributed by atoms with E-state index in [1.807, 2.05) is 13.8 Å². The normalized spacial score (nSPS) is 10.7. The Morgan fingerprint density at radius 3 is 2.42 bits per heavy atom. The number of rotatable bonds is 5. The van der Waals surface area contributed by atoms with E-state index in [4.69, 9.17) is 11.6 Å². The van der Waals surface area contributed by atoms with E-state index in [2.05, 4.69) is 40.5 Å². The van der Waals surface area contributed by atoms with E-state index >= 15 is 0 Å². The van der Waals surface area contributed by atoms with Gasteiger partial charge in [0, 0.05) is 6.04 Å². The summed E-state index contributed by atoms with van der Waals surface area (Å²) in [6.45, 7) is 4.00. The molecule has 3 aromatic heterocycles. The third kappa shape index (κ3) is 4.11. The summed E-state index contributed by atoms with van der Waals surface area (Å²) in [6.07, 6.45) is 4.71. The highest BCUT2D eigenvalue weighted by Gasteiger charge is 2.11. The second-order valence-electron chi connectivity index (χ2n) is 5.20. The summed E-state index contributed by atoms with van der Waals surface area (Å²) < 4.78 is 0. The highest BCUT2D eigenvalue weighted by molar-refractivity contribution is 6.29. The van der Waals surface area contributed by atoms with Crippen LogP contribution in [-0.4, -0.2) is 35.9 Å². The Hall–Kier alpha value is -2.87. The molecular weight excluding hydrogens is 328 g/mol. The van der Waals surface area contributed by atoms with Crippen molar-refractivity contribution < 1.29 is 0 Å². The van der Waals surface area contributed by atoms with Gasteiger partial charge in [0.1, 0.15) is 17.2 Å². The monoisotopic (exact) mass is 342 g/mol. The minimum Gasteiger partial charge on any atom is -0.352 e. The van der Waals surface area contributed by atoms with Gasteiger partial charge in [0.25, 0.3) is 0 Å². The summed E-state index contributed by atoms with van der Waals surface area (Å²) in [4.78, 5) is 25.3. The molecule has 0 aliphatic heterocycles. The minimum absolute atomic E-state index is 0.167. The lowest BCUT2D eigenvalue weighted by Gasteiger charge is -2.11. The van der Waals surface area contributed by atoms with Crippen molar-refractivity contribution in [3.05, 3.63) is 42.1 Å². The second-order valence-corrected chi connectivity index (χ2v) is 5.59. The summed E-state index contributed by atoms with van der Waals surface area (Å²) in [5, 5.41) is 6.59.